The number of alkyl halides is 3. The predicted molar refractivity (Wildman–Crippen MR) is 250 cm³/mol. The second-order valence-electron chi connectivity index (χ2n) is 16.4. The van der Waals surface area contributed by atoms with E-state index in [1.807, 2.05) is 86.6 Å². The quantitative estimate of drug-likeness (QED) is 0.0975. The fourth-order valence-electron chi connectivity index (χ4n) is 7.96. The van der Waals surface area contributed by atoms with E-state index >= 15 is 0 Å². The molecule has 0 spiro atoms. The van der Waals surface area contributed by atoms with Gasteiger partial charge in [0, 0.05) is 84.3 Å². The molecule has 1 fully saturated rings. The molecule has 2 aliphatic heterocycles. The molecule has 1 saturated heterocycles. The van der Waals surface area contributed by atoms with Gasteiger partial charge < -0.3 is 15.1 Å². The van der Waals surface area contributed by atoms with Crippen molar-refractivity contribution in [3.63, 3.8) is 0 Å². The van der Waals surface area contributed by atoms with E-state index in [1.54, 1.807) is 12.4 Å². The predicted octanol–water partition coefficient (Wildman–Crippen LogP) is 10.2. The van der Waals surface area contributed by atoms with Crippen molar-refractivity contribution in [1.29, 1.82) is 0 Å². The lowest BCUT2D eigenvalue weighted by molar-refractivity contribution is -0.137. The highest BCUT2D eigenvalue weighted by molar-refractivity contribution is 7.99. The third kappa shape index (κ3) is 11.1. The number of hydrogen-bond donors (Lipinski definition) is 2. The first-order valence-electron chi connectivity index (χ1n) is 20.7. The highest BCUT2D eigenvalue weighted by Gasteiger charge is 2.36. The van der Waals surface area contributed by atoms with Gasteiger partial charge in [-0.1, -0.05) is 66.2 Å². The summed E-state index contributed by atoms with van der Waals surface area (Å²) in [7, 11) is -4.52. The molecule has 1 atom stereocenters. The van der Waals surface area contributed by atoms with E-state index < -0.39 is 26.7 Å². The fraction of sp³-hybridized carbons (Fsp3) is 0.298. The maximum atomic E-state index is 14.8. The van der Waals surface area contributed by atoms with Crippen molar-refractivity contribution < 1.29 is 21.6 Å². The van der Waals surface area contributed by atoms with E-state index in [9.17, 15) is 21.6 Å². The molecule has 0 saturated carbocycles. The second kappa shape index (κ2) is 18.8. The van der Waals surface area contributed by atoms with Crippen molar-refractivity contribution >= 4 is 67.8 Å². The fourth-order valence-corrected chi connectivity index (χ4v) is 10.2. The van der Waals surface area contributed by atoms with E-state index in [1.165, 1.54) is 30.2 Å². The molecule has 0 amide bonds. The van der Waals surface area contributed by atoms with Crippen LogP contribution in [-0.4, -0.2) is 91.1 Å². The lowest BCUT2D eigenvalue weighted by atomic mass is 9.99. The number of rotatable bonds is 15. The molecule has 2 N–H and O–H groups in total. The summed E-state index contributed by atoms with van der Waals surface area (Å²) in [6.07, 6.45) is -1.28. The van der Waals surface area contributed by atoms with Crippen molar-refractivity contribution in [3.8, 4) is 11.1 Å². The van der Waals surface area contributed by atoms with E-state index in [4.69, 9.17) is 11.6 Å². The van der Waals surface area contributed by atoms with Gasteiger partial charge in [0.2, 0.25) is 0 Å². The van der Waals surface area contributed by atoms with E-state index in [-0.39, 0.29) is 23.1 Å². The van der Waals surface area contributed by atoms with E-state index in [2.05, 4.69) is 57.9 Å². The topological polar surface area (TPSA) is 106 Å². The summed E-state index contributed by atoms with van der Waals surface area (Å²) in [4.78, 5) is 20.3. The van der Waals surface area contributed by atoms with Crippen LogP contribution in [-0.2, 0) is 22.7 Å². The smallest absolute Gasteiger partial charge is 0.381 e. The lowest BCUT2D eigenvalue weighted by Crippen LogP contribution is -2.46. The van der Waals surface area contributed by atoms with Gasteiger partial charge in [-0.05, 0) is 97.6 Å². The molecule has 0 bridgehead atoms. The molecular weight excluding hydrogens is 865 g/mol. The van der Waals surface area contributed by atoms with Gasteiger partial charge in [-0.2, -0.15) is 13.2 Å². The van der Waals surface area contributed by atoms with Crippen molar-refractivity contribution in [2.24, 2.45) is 4.99 Å². The van der Waals surface area contributed by atoms with Gasteiger partial charge in [0.1, 0.15) is 6.33 Å². The average molecular weight is 914 g/mol. The SMILES string of the molecule is CC1(C)CN(CC[C@H](CSc2ccccc2)Nc2ccc(S(=O)(=O)Nc3ncnc4cc(N5CCN(Cc6cc(Cl)ccc6-c6ccccc6)CC5)ccc34)cc2C(F)(F)F)C=N1. The Hall–Kier alpha value is -5.35. The Morgan fingerprint density at radius 1 is 0.873 bits per heavy atom. The monoisotopic (exact) mass is 912 g/mol. The van der Waals surface area contributed by atoms with Crippen LogP contribution in [0.2, 0.25) is 5.02 Å². The summed E-state index contributed by atoms with van der Waals surface area (Å²) in [5, 5.41) is 4.23. The standard InChI is InChI=1S/C47H48ClF3N8O2S2/c1-46(2)30-58(32-54-46)20-19-36(29-62-38-11-7-4-8-12-38)55-43-18-15-39(27-42(43)47(49,50)51)63(60,61)56-45-41-17-14-37(26-44(41)52-31-53-45)59-23-21-57(22-24-59)28-34-25-35(48)13-16-40(34)33-9-5-3-6-10-33/h3-18,25-27,31-32,36,55H,19-24,28-30H2,1-2H3,(H,52,53,56)/t36-/m1/s1. The summed E-state index contributed by atoms with van der Waals surface area (Å²) in [5.41, 5.74) is 3.36. The first kappa shape index (κ1) is 44.3. The van der Waals surface area contributed by atoms with Crippen LogP contribution in [0.3, 0.4) is 0 Å². The average Bonchev–Trinajstić information content (AvgIpc) is 3.63. The molecule has 8 rings (SSSR count). The molecule has 10 nitrogen and oxygen atoms in total. The molecular formula is C47H48ClF3N8O2S2. The van der Waals surface area contributed by atoms with Crippen LogP contribution in [0.15, 0.2) is 136 Å². The van der Waals surface area contributed by atoms with Gasteiger partial charge >= 0.3 is 6.18 Å². The Bertz CT molecular complexity index is 2680. The molecule has 16 heteroatoms. The number of piperazine rings is 1. The largest absolute Gasteiger partial charge is 0.418 e. The number of benzene rings is 5. The van der Waals surface area contributed by atoms with Crippen molar-refractivity contribution in [2.75, 3.05) is 60.0 Å². The maximum absolute atomic E-state index is 14.8. The molecule has 5 aromatic carbocycles. The summed E-state index contributed by atoms with van der Waals surface area (Å²) >= 11 is 7.97. The minimum absolute atomic E-state index is 0.0329. The second-order valence-corrected chi connectivity index (χ2v) is 19.7. The number of fused-ring (bicyclic) bond motifs is 1. The first-order chi connectivity index (χ1) is 30.2. The van der Waals surface area contributed by atoms with Crippen molar-refractivity contribution in [3.05, 3.63) is 138 Å². The van der Waals surface area contributed by atoms with Gasteiger partial charge in [-0.15, -0.1) is 11.8 Å². The number of anilines is 3. The van der Waals surface area contributed by atoms with Gasteiger partial charge in [0.25, 0.3) is 10.0 Å². The van der Waals surface area contributed by atoms with Crippen LogP contribution in [0.1, 0.15) is 31.4 Å². The number of nitrogens with one attached hydrogen (secondary N) is 2. The third-order valence-electron chi connectivity index (χ3n) is 11.2. The highest BCUT2D eigenvalue weighted by atomic mass is 35.5. The van der Waals surface area contributed by atoms with E-state index in [0.717, 1.165) is 60.0 Å². The Morgan fingerprint density at radius 3 is 2.33 bits per heavy atom. The van der Waals surface area contributed by atoms with Crippen LogP contribution in [0.5, 0.6) is 0 Å². The number of aliphatic imine (C=N–C) groups is 1. The third-order valence-corrected chi connectivity index (χ3v) is 14.0. The molecule has 6 aromatic rings. The maximum Gasteiger partial charge on any atom is 0.418 e. The molecule has 63 heavy (non-hydrogen) atoms. The Balaban J connectivity index is 0.954. The van der Waals surface area contributed by atoms with Gasteiger partial charge in [-0.25, -0.2) is 18.4 Å². The number of nitrogens with zero attached hydrogens (tertiary/aromatic N) is 6. The van der Waals surface area contributed by atoms with E-state index in [0.29, 0.717) is 47.3 Å². The highest BCUT2D eigenvalue weighted by Crippen LogP contribution is 2.38. The molecule has 0 unspecified atom stereocenters. The number of aromatic nitrogens is 2. The molecule has 1 aromatic heterocycles. The molecule has 328 valence electrons. The molecule has 0 radical (unpaired) electrons. The van der Waals surface area contributed by atoms with Crippen molar-refractivity contribution in [2.45, 2.75) is 54.4 Å². The zero-order valence-electron chi connectivity index (χ0n) is 34.9. The van der Waals surface area contributed by atoms with Crippen LogP contribution in [0, 0.1) is 0 Å². The molecule has 0 aliphatic carbocycles. The minimum Gasteiger partial charge on any atom is -0.381 e. The number of halogens is 4. The molecule has 3 heterocycles. The first-order valence-corrected chi connectivity index (χ1v) is 23.6. The lowest BCUT2D eigenvalue weighted by Gasteiger charge is -2.36. The summed E-state index contributed by atoms with van der Waals surface area (Å²) in [6, 6.07) is 34.1. The van der Waals surface area contributed by atoms with Crippen LogP contribution < -0.4 is 14.9 Å². The van der Waals surface area contributed by atoms with Gasteiger partial charge in [-0.3, -0.25) is 14.6 Å². The summed E-state index contributed by atoms with van der Waals surface area (Å²) < 4.78 is 74.3. The van der Waals surface area contributed by atoms with Crippen LogP contribution in [0.4, 0.5) is 30.4 Å². The Labute approximate surface area is 375 Å². The van der Waals surface area contributed by atoms with Gasteiger partial charge in [0.05, 0.1) is 27.9 Å². The Kier molecular flexibility index (Phi) is 13.2. The zero-order valence-corrected chi connectivity index (χ0v) is 37.3. The minimum atomic E-state index is -4.85. The van der Waals surface area contributed by atoms with Crippen molar-refractivity contribution in [1.82, 2.24) is 19.8 Å². The summed E-state index contributed by atoms with van der Waals surface area (Å²) in [5.74, 6) is 0.449. The normalized spacial score (nSPS) is 16.1. The molecule has 2 aliphatic rings. The Morgan fingerprint density at radius 2 is 1.62 bits per heavy atom. The number of thioether (sulfide) groups is 1. The van der Waals surface area contributed by atoms with Crippen LogP contribution >= 0.6 is 23.4 Å². The van der Waals surface area contributed by atoms with Crippen LogP contribution in [0.25, 0.3) is 22.0 Å². The number of sulfonamides is 1. The number of hydrogen-bond acceptors (Lipinski definition) is 10. The summed E-state index contributed by atoms with van der Waals surface area (Å²) in [6.45, 7) is 9.23. The zero-order chi connectivity index (χ0) is 44.2. The van der Waals surface area contributed by atoms with Gasteiger partial charge in [0.15, 0.2) is 5.82 Å².